The quantitative estimate of drug-likeness (QED) is 0.457. The lowest BCUT2D eigenvalue weighted by Crippen LogP contribution is -2.37. The Hall–Kier alpha value is -2.55. The molecular weight excluding hydrogens is 388 g/mol. The van der Waals surface area contributed by atoms with Crippen LogP contribution in [-0.4, -0.2) is 47.9 Å². The van der Waals surface area contributed by atoms with Gasteiger partial charge in [0.15, 0.2) is 5.13 Å². The van der Waals surface area contributed by atoms with Crippen molar-refractivity contribution in [3.05, 3.63) is 63.2 Å². The molecule has 0 aliphatic carbocycles. The third-order valence-corrected chi connectivity index (χ3v) is 5.29. The first-order valence-electron chi connectivity index (χ1n) is 8.13. The third kappa shape index (κ3) is 4.08. The minimum absolute atomic E-state index is 0.0339. The molecule has 1 aromatic heterocycles. The zero-order chi connectivity index (χ0) is 19.6. The second-order valence-electron chi connectivity index (χ2n) is 6.12. The summed E-state index contributed by atoms with van der Waals surface area (Å²) in [5, 5.41) is 12.3. The van der Waals surface area contributed by atoms with E-state index in [1.165, 1.54) is 34.4 Å². The van der Waals surface area contributed by atoms with E-state index in [4.69, 9.17) is 11.6 Å². The molecule has 0 fully saturated rings. The first-order valence-corrected chi connectivity index (χ1v) is 9.33. The number of benzene rings is 2. The number of halogens is 1. The summed E-state index contributed by atoms with van der Waals surface area (Å²) in [6.07, 6.45) is 0. The van der Waals surface area contributed by atoms with Gasteiger partial charge in [-0.05, 0) is 32.3 Å². The molecule has 1 amide bonds. The van der Waals surface area contributed by atoms with Crippen molar-refractivity contribution >= 4 is 49.9 Å². The summed E-state index contributed by atoms with van der Waals surface area (Å²) in [5.41, 5.74) is 0.424. The zero-order valence-corrected chi connectivity index (χ0v) is 16.3. The Kier molecular flexibility index (Phi) is 5.69. The average molecular weight is 405 g/mol. The van der Waals surface area contributed by atoms with Gasteiger partial charge >= 0.3 is 0 Å². The summed E-state index contributed by atoms with van der Waals surface area (Å²) in [5.74, 6) is -0.459. The lowest BCUT2D eigenvalue weighted by Gasteiger charge is -2.21. The summed E-state index contributed by atoms with van der Waals surface area (Å²) in [7, 11) is 3.78. The summed E-state index contributed by atoms with van der Waals surface area (Å²) >= 11 is 7.54. The number of nitrogens with zero attached hydrogens (tertiary/aromatic N) is 4. The molecular formula is C18H17ClN4O3S. The maximum atomic E-state index is 13.2. The fraction of sp³-hybridized carbons (Fsp3) is 0.222. The van der Waals surface area contributed by atoms with Crippen LogP contribution in [0.5, 0.6) is 0 Å². The molecule has 3 aromatic rings. The van der Waals surface area contributed by atoms with Crippen LogP contribution < -0.4 is 4.90 Å². The minimum atomic E-state index is -0.549. The zero-order valence-electron chi connectivity index (χ0n) is 14.8. The Labute approximate surface area is 164 Å². The van der Waals surface area contributed by atoms with Crippen LogP contribution >= 0.6 is 22.9 Å². The second kappa shape index (κ2) is 7.99. The standard InChI is InChI=1S/C18H17ClN4O3S/c1-21(2)10-11-22(17(24)12-6-3-4-8-14(12)23(25)26)18-20-16-13(19)7-5-9-15(16)27-18/h3-9H,10-11H2,1-2H3. The number of amides is 1. The topological polar surface area (TPSA) is 79.6 Å². The van der Waals surface area contributed by atoms with E-state index in [0.29, 0.717) is 28.8 Å². The van der Waals surface area contributed by atoms with E-state index >= 15 is 0 Å². The Morgan fingerprint density at radius 2 is 1.93 bits per heavy atom. The number of fused-ring (bicyclic) bond motifs is 1. The summed E-state index contributed by atoms with van der Waals surface area (Å²) < 4.78 is 0.850. The number of nitro benzene ring substituents is 1. The van der Waals surface area contributed by atoms with Gasteiger partial charge in [0.05, 0.1) is 14.6 Å². The Morgan fingerprint density at radius 3 is 2.59 bits per heavy atom. The number of rotatable bonds is 6. The van der Waals surface area contributed by atoms with Gasteiger partial charge in [0, 0.05) is 19.2 Å². The van der Waals surface area contributed by atoms with Crippen molar-refractivity contribution in [3.8, 4) is 0 Å². The Balaban J connectivity index is 2.06. The molecule has 140 valence electrons. The molecule has 0 saturated heterocycles. The lowest BCUT2D eigenvalue weighted by atomic mass is 10.1. The largest absolute Gasteiger partial charge is 0.308 e. The first-order chi connectivity index (χ1) is 12.9. The van der Waals surface area contributed by atoms with E-state index < -0.39 is 10.8 Å². The number of thiazole rings is 1. The minimum Gasteiger partial charge on any atom is -0.308 e. The number of anilines is 1. The van der Waals surface area contributed by atoms with E-state index in [0.717, 1.165) is 4.70 Å². The molecule has 0 aliphatic heterocycles. The van der Waals surface area contributed by atoms with Crippen molar-refractivity contribution in [3.63, 3.8) is 0 Å². The Bertz CT molecular complexity index is 1010. The normalized spacial score (nSPS) is 11.1. The molecule has 0 radical (unpaired) electrons. The molecule has 0 N–H and O–H groups in total. The Morgan fingerprint density at radius 1 is 1.19 bits per heavy atom. The van der Waals surface area contributed by atoms with Crippen molar-refractivity contribution in [2.75, 3.05) is 32.1 Å². The lowest BCUT2D eigenvalue weighted by molar-refractivity contribution is -0.385. The molecule has 2 aromatic carbocycles. The smallest absolute Gasteiger partial charge is 0.282 e. The van der Waals surface area contributed by atoms with Gasteiger partial charge in [0.1, 0.15) is 11.1 Å². The van der Waals surface area contributed by atoms with Crippen molar-refractivity contribution in [1.82, 2.24) is 9.88 Å². The average Bonchev–Trinajstić information content (AvgIpc) is 3.06. The number of likely N-dealkylation sites (N-methyl/N-ethyl adjacent to an activating group) is 1. The number of hydrogen-bond donors (Lipinski definition) is 0. The van der Waals surface area contributed by atoms with Crippen molar-refractivity contribution in [2.24, 2.45) is 0 Å². The van der Waals surface area contributed by atoms with Crippen LogP contribution in [0.4, 0.5) is 10.8 Å². The van der Waals surface area contributed by atoms with Gasteiger partial charge < -0.3 is 4.90 Å². The van der Waals surface area contributed by atoms with Crippen LogP contribution in [0.15, 0.2) is 42.5 Å². The third-order valence-electron chi connectivity index (χ3n) is 3.94. The van der Waals surface area contributed by atoms with Gasteiger partial charge in [0.25, 0.3) is 11.6 Å². The number of carbonyl (C=O) groups is 1. The van der Waals surface area contributed by atoms with Crippen molar-refractivity contribution in [2.45, 2.75) is 0 Å². The molecule has 0 atom stereocenters. The van der Waals surface area contributed by atoms with Crippen LogP contribution in [0.3, 0.4) is 0 Å². The number of para-hydroxylation sites is 2. The van der Waals surface area contributed by atoms with Gasteiger partial charge in [-0.25, -0.2) is 4.98 Å². The number of nitro groups is 1. The fourth-order valence-electron chi connectivity index (χ4n) is 2.56. The first kappa shape index (κ1) is 19.2. The molecule has 27 heavy (non-hydrogen) atoms. The van der Waals surface area contributed by atoms with E-state index in [-0.39, 0.29) is 11.3 Å². The second-order valence-corrected chi connectivity index (χ2v) is 7.53. The van der Waals surface area contributed by atoms with E-state index in [1.807, 2.05) is 31.1 Å². The monoisotopic (exact) mass is 404 g/mol. The molecule has 0 spiro atoms. The van der Waals surface area contributed by atoms with E-state index in [1.54, 1.807) is 12.1 Å². The van der Waals surface area contributed by atoms with Gasteiger partial charge in [-0.3, -0.25) is 19.8 Å². The molecule has 3 rings (SSSR count). The van der Waals surface area contributed by atoms with Gasteiger partial charge in [-0.15, -0.1) is 0 Å². The highest BCUT2D eigenvalue weighted by Crippen LogP contribution is 2.34. The molecule has 0 bridgehead atoms. The van der Waals surface area contributed by atoms with Crippen LogP contribution in [0.1, 0.15) is 10.4 Å². The highest BCUT2D eigenvalue weighted by Gasteiger charge is 2.27. The molecule has 0 aliphatic rings. The molecule has 9 heteroatoms. The number of aromatic nitrogens is 1. The van der Waals surface area contributed by atoms with Gasteiger partial charge in [0.2, 0.25) is 0 Å². The fourth-order valence-corrected chi connectivity index (χ4v) is 3.85. The van der Waals surface area contributed by atoms with E-state index in [9.17, 15) is 14.9 Å². The molecule has 1 heterocycles. The van der Waals surface area contributed by atoms with Crippen LogP contribution in [0.2, 0.25) is 5.02 Å². The van der Waals surface area contributed by atoms with Crippen LogP contribution in [-0.2, 0) is 0 Å². The number of carbonyl (C=O) groups excluding carboxylic acids is 1. The molecule has 7 nitrogen and oxygen atoms in total. The van der Waals surface area contributed by atoms with Crippen molar-refractivity contribution in [1.29, 1.82) is 0 Å². The van der Waals surface area contributed by atoms with Gasteiger partial charge in [-0.1, -0.05) is 41.1 Å². The predicted molar refractivity (Wildman–Crippen MR) is 108 cm³/mol. The predicted octanol–water partition coefficient (Wildman–Crippen LogP) is 4.07. The maximum absolute atomic E-state index is 13.2. The maximum Gasteiger partial charge on any atom is 0.282 e. The molecule has 0 saturated carbocycles. The summed E-state index contributed by atoms with van der Waals surface area (Å²) in [4.78, 5) is 31.9. The van der Waals surface area contributed by atoms with Crippen LogP contribution in [0.25, 0.3) is 10.2 Å². The molecule has 0 unspecified atom stereocenters. The summed E-state index contributed by atoms with van der Waals surface area (Å²) in [6, 6.07) is 11.4. The van der Waals surface area contributed by atoms with Crippen molar-refractivity contribution < 1.29 is 9.72 Å². The summed E-state index contributed by atoms with van der Waals surface area (Å²) in [6.45, 7) is 0.922. The highest BCUT2D eigenvalue weighted by molar-refractivity contribution is 7.22. The highest BCUT2D eigenvalue weighted by atomic mass is 35.5. The van der Waals surface area contributed by atoms with E-state index in [2.05, 4.69) is 4.98 Å². The van der Waals surface area contributed by atoms with Crippen LogP contribution in [0, 0.1) is 10.1 Å². The number of hydrogen-bond acceptors (Lipinski definition) is 6. The SMILES string of the molecule is CN(C)CCN(C(=O)c1ccccc1[N+](=O)[O-])c1nc2c(Cl)cccc2s1. The van der Waals surface area contributed by atoms with Gasteiger partial charge in [-0.2, -0.15) is 0 Å².